The molecule has 0 radical (unpaired) electrons. The SMILES string of the molecule is CCOc1c2c(=O)n(C)c(=O)n(C)c2nn1Cc1cc(Cl)ccc1Cl. The standard InChI is InChI=1S/C16H16Cl2N4O3/c1-4-25-15-12-13(20(2)16(24)21(3)14(12)23)19-22(15)8-9-7-10(17)5-6-11(9)18/h5-7H,4,8H2,1-3H3. The van der Waals surface area contributed by atoms with Gasteiger partial charge in [-0.2, -0.15) is 5.10 Å². The second-order valence-electron chi connectivity index (χ2n) is 5.54. The van der Waals surface area contributed by atoms with Gasteiger partial charge >= 0.3 is 5.69 Å². The zero-order valence-corrected chi connectivity index (χ0v) is 15.4. The first-order valence-electron chi connectivity index (χ1n) is 7.58. The Bertz CT molecular complexity index is 1080. The molecule has 0 atom stereocenters. The van der Waals surface area contributed by atoms with Crippen LogP contribution < -0.4 is 16.0 Å². The summed E-state index contributed by atoms with van der Waals surface area (Å²) in [6.45, 7) is 2.40. The van der Waals surface area contributed by atoms with Crippen LogP contribution in [0, 0.1) is 0 Å². The van der Waals surface area contributed by atoms with E-state index >= 15 is 0 Å². The maximum Gasteiger partial charge on any atom is 0.332 e. The maximum atomic E-state index is 12.6. The fourth-order valence-electron chi connectivity index (χ4n) is 2.64. The molecule has 0 N–H and O–H groups in total. The Kier molecular flexibility index (Phi) is 4.62. The van der Waals surface area contributed by atoms with Gasteiger partial charge in [0, 0.05) is 24.1 Å². The first-order valence-corrected chi connectivity index (χ1v) is 8.34. The molecule has 0 amide bonds. The quantitative estimate of drug-likeness (QED) is 0.693. The molecule has 25 heavy (non-hydrogen) atoms. The Hall–Kier alpha value is -2.25. The van der Waals surface area contributed by atoms with Crippen LogP contribution in [0.3, 0.4) is 0 Å². The lowest BCUT2D eigenvalue weighted by atomic mass is 10.2. The lowest BCUT2D eigenvalue weighted by Gasteiger charge is -2.09. The van der Waals surface area contributed by atoms with Crippen molar-refractivity contribution in [3.63, 3.8) is 0 Å². The number of halogens is 2. The summed E-state index contributed by atoms with van der Waals surface area (Å²) in [5, 5.41) is 5.71. The van der Waals surface area contributed by atoms with Gasteiger partial charge in [0.1, 0.15) is 5.39 Å². The van der Waals surface area contributed by atoms with Crippen LogP contribution >= 0.6 is 23.2 Å². The molecule has 0 aliphatic rings. The van der Waals surface area contributed by atoms with Gasteiger partial charge in [0.05, 0.1) is 13.2 Å². The number of aromatic nitrogens is 4. The number of hydrogen-bond donors (Lipinski definition) is 0. The number of rotatable bonds is 4. The van der Waals surface area contributed by atoms with Crippen molar-refractivity contribution >= 4 is 34.2 Å². The molecule has 0 unspecified atom stereocenters. The third-order valence-electron chi connectivity index (χ3n) is 3.91. The summed E-state index contributed by atoms with van der Waals surface area (Å²) in [7, 11) is 2.98. The van der Waals surface area contributed by atoms with Crippen LogP contribution in [0.25, 0.3) is 11.0 Å². The third kappa shape index (κ3) is 2.94. The van der Waals surface area contributed by atoms with E-state index in [0.29, 0.717) is 22.5 Å². The number of hydrogen-bond acceptors (Lipinski definition) is 4. The van der Waals surface area contributed by atoms with Gasteiger partial charge in [-0.15, -0.1) is 0 Å². The lowest BCUT2D eigenvalue weighted by Crippen LogP contribution is -2.36. The highest BCUT2D eigenvalue weighted by Gasteiger charge is 2.21. The molecule has 1 aromatic carbocycles. The zero-order chi connectivity index (χ0) is 18.3. The van der Waals surface area contributed by atoms with Crippen molar-refractivity contribution in [1.82, 2.24) is 18.9 Å². The minimum Gasteiger partial charge on any atom is -0.477 e. The summed E-state index contributed by atoms with van der Waals surface area (Å²) < 4.78 is 9.53. The van der Waals surface area contributed by atoms with Gasteiger partial charge in [0.15, 0.2) is 5.65 Å². The maximum absolute atomic E-state index is 12.6. The predicted octanol–water partition coefficient (Wildman–Crippen LogP) is 2.19. The smallest absolute Gasteiger partial charge is 0.332 e. The molecule has 0 fully saturated rings. The largest absolute Gasteiger partial charge is 0.477 e. The molecule has 0 bridgehead atoms. The van der Waals surface area contributed by atoms with E-state index in [2.05, 4.69) is 5.10 Å². The first-order chi connectivity index (χ1) is 11.8. The van der Waals surface area contributed by atoms with Crippen LogP contribution in [0.15, 0.2) is 27.8 Å². The Balaban J connectivity index is 2.28. The molecule has 9 heteroatoms. The minimum atomic E-state index is -0.454. The summed E-state index contributed by atoms with van der Waals surface area (Å²) >= 11 is 12.3. The van der Waals surface area contributed by atoms with Gasteiger partial charge in [0.25, 0.3) is 5.56 Å². The molecule has 7 nitrogen and oxygen atoms in total. The molecule has 3 aromatic rings. The monoisotopic (exact) mass is 382 g/mol. The fourth-order valence-corrected chi connectivity index (χ4v) is 3.01. The highest BCUT2D eigenvalue weighted by atomic mass is 35.5. The number of aryl methyl sites for hydroxylation is 1. The van der Waals surface area contributed by atoms with E-state index in [1.807, 2.05) is 6.92 Å². The summed E-state index contributed by atoms with van der Waals surface area (Å²) in [5.41, 5.74) is 0.0791. The van der Waals surface area contributed by atoms with Gasteiger partial charge in [-0.05, 0) is 30.7 Å². The minimum absolute atomic E-state index is 0.251. The van der Waals surface area contributed by atoms with Gasteiger partial charge in [0.2, 0.25) is 5.88 Å². The summed E-state index contributed by atoms with van der Waals surface area (Å²) in [4.78, 5) is 24.7. The Labute approximate surface area is 153 Å². The van der Waals surface area contributed by atoms with Crippen molar-refractivity contribution in [2.45, 2.75) is 13.5 Å². The summed E-state index contributed by atoms with van der Waals surface area (Å²) in [5.74, 6) is 0.296. The molecular weight excluding hydrogens is 367 g/mol. The number of fused-ring (bicyclic) bond motifs is 1. The molecule has 0 aliphatic carbocycles. The van der Waals surface area contributed by atoms with Crippen LogP contribution in [0.4, 0.5) is 0 Å². The van der Waals surface area contributed by atoms with Crippen molar-refractivity contribution in [2.24, 2.45) is 14.1 Å². The van der Waals surface area contributed by atoms with Crippen molar-refractivity contribution in [1.29, 1.82) is 0 Å². The van der Waals surface area contributed by atoms with Crippen LogP contribution in [0.2, 0.25) is 10.0 Å². The Morgan fingerprint density at radius 3 is 2.56 bits per heavy atom. The number of nitrogens with zero attached hydrogens (tertiary/aromatic N) is 4. The molecule has 0 aliphatic heterocycles. The molecule has 0 saturated heterocycles. The molecule has 3 rings (SSSR count). The zero-order valence-electron chi connectivity index (χ0n) is 13.9. The molecular formula is C16H16Cl2N4O3. The van der Waals surface area contributed by atoms with Crippen LogP contribution in [-0.2, 0) is 20.6 Å². The van der Waals surface area contributed by atoms with Crippen LogP contribution in [-0.4, -0.2) is 25.5 Å². The van der Waals surface area contributed by atoms with E-state index in [0.717, 1.165) is 10.1 Å². The second-order valence-corrected chi connectivity index (χ2v) is 6.38. The summed E-state index contributed by atoms with van der Waals surface area (Å²) in [6.07, 6.45) is 0. The second kappa shape index (κ2) is 6.57. The van der Waals surface area contributed by atoms with Gasteiger partial charge in [-0.25, -0.2) is 9.48 Å². The van der Waals surface area contributed by atoms with Gasteiger partial charge in [-0.3, -0.25) is 13.9 Å². The third-order valence-corrected chi connectivity index (χ3v) is 4.51. The molecule has 0 saturated carbocycles. The first kappa shape index (κ1) is 17.6. The molecule has 2 aromatic heterocycles. The Morgan fingerprint density at radius 1 is 1.16 bits per heavy atom. The highest BCUT2D eigenvalue weighted by molar-refractivity contribution is 6.33. The van der Waals surface area contributed by atoms with Gasteiger partial charge in [-0.1, -0.05) is 23.2 Å². The number of ether oxygens (including phenoxy) is 1. The van der Waals surface area contributed by atoms with E-state index in [4.69, 9.17) is 27.9 Å². The van der Waals surface area contributed by atoms with E-state index in [-0.39, 0.29) is 17.6 Å². The van der Waals surface area contributed by atoms with E-state index in [1.165, 1.54) is 16.3 Å². The predicted molar refractivity (Wildman–Crippen MR) is 96.9 cm³/mol. The van der Waals surface area contributed by atoms with Gasteiger partial charge < -0.3 is 4.74 Å². The highest BCUT2D eigenvalue weighted by Crippen LogP contribution is 2.26. The Morgan fingerprint density at radius 2 is 1.88 bits per heavy atom. The van der Waals surface area contributed by atoms with E-state index in [1.54, 1.807) is 25.2 Å². The molecule has 2 heterocycles. The van der Waals surface area contributed by atoms with Crippen molar-refractivity contribution in [3.05, 3.63) is 54.6 Å². The normalized spacial score (nSPS) is 11.2. The fraction of sp³-hybridized carbons (Fsp3) is 0.312. The van der Waals surface area contributed by atoms with E-state index in [9.17, 15) is 9.59 Å². The van der Waals surface area contributed by atoms with Crippen LogP contribution in [0.5, 0.6) is 5.88 Å². The summed E-state index contributed by atoms with van der Waals surface area (Å²) in [6, 6.07) is 5.11. The van der Waals surface area contributed by atoms with Crippen molar-refractivity contribution in [3.8, 4) is 5.88 Å². The average Bonchev–Trinajstić information content (AvgIpc) is 2.93. The number of benzene rings is 1. The van der Waals surface area contributed by atoms with Crippen molar-refractivity contribution < 1.29 is 4.74 Å². The molecule has 132 valence electrons. The van der Waals surface area contributed by atoms with E-state index < -0.39 is 11.2 Å². The van der Waals surface area contributed by atoms with Crippen molar-refractivity contribution in [2.75, 3.05) is 6.61 Å². The molecule has 0 spiro atoms. The average molecular weight is 383 g/mol. The lowest BCUT2D eigenvalue weighted by molar-refractivity contribution is 0.308. The topological polar surface area (TPSA) is 71.1 Å². The van der Waals surface area contributed by atoms with Crippen LogP contribution in [0.1, 0.15) is 12.5 Å².